The molecule has 0 bridgehead atoms. The molecule has 22 heavy (non-hydrogen) atoms. The molecule has 0 fully saturated rings. The van der Waals surface area contributed by atoms with Crippen molar-refractivity contribution in [3.8, 4) is 0 Å². The van der Waals surface area contributed by atoms with E-state index in [-0.39, 0.29) is 12.1 Å². The number of nitrogens with zero attached hydrogens (tertiary/aromatic N) is 2. The Morgan fingerprint density at radius 2 is 1.73 bits per heavy atom. The second kappa shape index (κ2) is 9.43. The molecular formula is C17H30N4O. The lowest BCUT2D eigenvalue weighted by Crippen LogP contribution is -2.46. The van der Waals surface area contributed by atoms with Crippen molar-refractivity contribution in [3.63, 3.8) is 0 Å². The van der Waals surface area contributed by atoms with Crippen molar-refractivity contribution in [1.29, 1.82) is 0 Å². The van der Waals surface area contributed by atoms with Crippen LogP contribution >= 0.6 is 0 Å². The SMILES string of the molecule is CCN(C)[C@H](C)CN(C)[C@H](C)CNC(=O)Nc1ccccc1. The molecule has 2 amide bonds. The van der Waals surface area contributed by atoms with E-state index in [0.29, 0.717) is 12.6 Å². The lowest BCUT2D eigenvalue weighted by Gasteiger charge is -2.31. The molecule has 2 atom stereocenters. The van der Waals surface area contributed by atoms with Crippen molar-refractivity contribution < 1.29 is 4.79 Å². The molecule has 0 spiro atoms. The highest BCUT2D eigenvalue weighted by atomic mass is 16.2. The van der Waals surface area contributed by atoms with E-state index >= 15 is 0 Å². The normalized spacial score (nSPS) is 14.0. The molecule has 0 unspecified atom stereocenters. The van der Waals surface area contributed by atoms with Crippen molar-refractivity contribution >= 4 is 11.7 Å². The molecule has 0 aromatic heterocycles. The Morgan fingerprint density at radius 3 is 2.32 bits per heavy atom. The molecular weight excluding hydrogens is 276 g/mol. The van der Waals surface area contributed by atoms with Gasteiger partial charge in [0.1, 0.15) is 0 Å². The first-order chi connectivity index (χ1) is 10.4. The van der Waals surface area contributed by atoms with E-state index in [9.17, 15) is 4.79 Å². The summed E-state index contributed by atoms with van der Waals surface area (Å²) >= 11 is 0. The number of anilines is 1. The van der Waals surface area contributed by atoms with Crippen LogP contribution in [0.25, 0.3) is 0 Å². The number of amides is 2. The number of carbonyl (C=O) groups is 1. The summed E-state index contributed by atoms with van der Waals surface area (Å²) in [5.74, 6) is 0. The lowest BCUT2D eigenvalue weighted by molar-refractivity contribution is 0.168. The van der Waals surface area contributed by atoms with Crippen LogP contribution in [0.2, 0.25) is 0 Å². The number of benzene rings is 1. The minimum Gasteiger partial charge on any atom is -0.336 e. The van der Waals surface area contributed by atoms with Crippen LogP contribution in [-0.4, -0.2) is 61.6 Å². The quantitative estimate of drug-likeness (QED) is 0.775. The minimum atomic E-state index is -0.162. The van der Waals surface area contributed by atoms with E-state index in [1.165, 1.54) is 0 Å². The van der Waals surface area contributed by atoms with Gasteiger partial charge in [0.15, 0.2) is 0 Å². The number of rotatable bonds is 8. The first-order valence-corrected chi connectivity index (χ1v) is 7.94. The zero-order valence-electron chi connectivity index (χ0n) is 14.5. The Morgan fingerprint density at radius 1 is 1.09 bits per heavy atom. The smallest absolute Gasteiger partial charge is 0.319 e. The van der Waals surface area contributed by atoms with Gasteiger partial charge in [0.05, 0.1) is 0 Å². The van der Waals surface area contributed by atoms with E-state index < -0.39 is 0 Å². The molecule has 0 aliphatic rings. The first-order valence-electron chi connectivity index (χ1n) is 7.94. The Kier molecular flexibility index (Phi) is 7.91. The molecule has 1 aromatic rings. The van der Waals surface area contributed by atoms with Gasteiger partial charge in [-0.25, -0.2) is 4.79 Å². The van der Waals surface area contributed by atoms with Gasteiger partial charge in [0, 0.05) is 30.9 Å². The van der Waals surface area contributed by atoms with Crippen LogP contribution in [0, 0.1) is 0 Å². The number of hydrogen-bond acceptors (Lipinski definition) is 3. The third kappa shape index (κ3) is 6.45. The van der Waals surface area contributed by atoms with E-state index in [4.69, 9.17) is 0 Å². The molecule has 0 radical (unpaired) electrons. The summed E-state index contributed by atoms with van der Waals surface area (Å²) < 4.78 is 0. The minimum absolute atomic E-state index is 0.162. The van der Waals surface area contributed by atoms with Gasteiger partial charge in [0.25, 0.3) is 0 Å². The summed E-state index contributed by atoms with van der Waals surface area (Å²) in [6, 6.07) is 10.1. The predicted molar refractivity (Wildman–Crippen MR) is 93.3 cm³/mol. The standard InChI is InChI=1S/C17H30N4O/c1-6-20(4)15(3)13-21(5)14(2)12-18-17(22)19-16-10-8-7-9-11-16/h7-11,14-15H,6,12-13H2,1-5H3,(H2,18,19,22)/t14-,15-/m1/s1. The second-order valence-electron chi connectivity index (χ2n) is 5.91. The average molecular weight is 306 g/mol. The summed E-state index contributed by atoms with van der Waals surface area (Å²) in [6.07, 6.45) is 0. The maximum absolute atomic E-state index is 11.9. The number of urea groups is 1. The van der Waals surface area contributed by atoms with Crippen molar-refractivity contribution in [3.05, 3.63) is 30.3 Å². The molecule has 0 aliphatic heterocycles. The maximum atomic E-state index is 11.9. The fraction of sp³-hybridized carbons (Fsp3) is 0.588. The number of likely N-dealkylation sites (N-methyl/N-ethyl adjacent to an activating group) is 2. The second-order valence-corrected chi connectivity index (χ2v) is 5.91. The first kappa shape index (κ1) is 18.5. The van der Waals surface area contributed by atoms with Crippen molar-refractivity contribution in [1.82, 2.24) is 15.1 Å². The van der Waals surface area contributed by atoms with Crippen molar-refractivity contribution in [2.45, 2.75) is 32.9 Å². The molecule has 124 valence electrons. The Bertz CT molecular complexity index is 438. The molecule has 2 N–H and O–H groups in total. The van der Waals surface area contributed by atoms with Gasteiger partial charge in [-0.2, -0.15) is 0 Å². The van der Waals surface area contributed by atoms with Crippen LogP contribution in [0.1, 0.15) is 20.8 Å². The van der Waals surface area contributed by atoms with E-state index in [2.05, 4.69) is 55.3 Å². The van der Waals surface area contributed by atoms with E-state index in [1.54, 1.807) is 0 Å². The van der Waals surface area contributed by atoms with Gasteiger partial charge in [-0.3, -0.25) is 0 Å². The maximum Gasteiger partial charge on any atom is 0.319 e. The van der Waals surface area contributed by atoms with Gasteiger partial charge in [-0.05, 0) is 46.6 Å². The molecule has 0 heterocycles. The monoisotopic (exact) mass is 306 g/mol. The van der Waals surface area contributed by atoms with E-state index in [0.717, 1.165) is 18.8 Å². The summed E-state index contributed by atoms with van der Waals surface area (Å²) in [6.45, 7) is 9.16. The molecule has 1 rings (SSSR count). The summed E-state index contributed by atoms with van der Waals surface area (Å²) in [5.41, 5.74) is 0.805. The van der Waals surface area contributed by atoms with Crippen molar-refractivity contribution in [2.75, 3.05) is 39.0 Å². The van der Waals surface area contributed by atoms with Crippen LogP contribution in [0.3, 0.4) is 0 Å². The van der Waals surface area contributed by atoms with Gasteiger partial charge >= 0.3 is 6.03 Å². The van der Waals surface area contributed by atoms with Gasteiger partial charge in [0.2, 0.25) is 0 Å². The van der Waals surface area contributed by atoms with Crippen LogP contribution < -0.4 is 10.6 Å². The van der Waals surface area contributed by atoms with E-state index in [1.807, 2.05) is 30.3 Å². The zero-order chi connectivity index (χ0) is 16.5. The molecule has 0 saturated heterocycles. The zero-order valence-corrected chi connectivity index (χ0v) is 14.5. The molecule has 0 aliphatic carbocycles. The topological polar surface area (TPSA) is 47.6 Å². The van der Waals surface area contributed by atoms with Crippen LogP contribution in [0.4, 0.5) is 10.5 Å². The fourth-order valence-corrected chi connectivity index (χ4v) is 2.14. The Hall–Kier alpha value is -1.59. The van der Waals surface area contributed by atoms with Gasteiger partial charge < -0.3 is 20.4 Å². The van der Waals surface area contributed by atoms with Crippen molar-refractivity contribution in [2.24, 2.45) is 0 Å². The largest absolute Gasteiger partial charge is 0.336 e. The summed E-state index contributed by atoms with van der Waals surface area (Å²) in [5, 5.41) is 5.75. The molecule has 1 aromatic carbocycles. The summed E-state index contributed by atoms with van der Waals surface area (Å²) in [4.78, 5) is 16.5. The average Bonchev–Trinajstić information content (AvgIpc) is 2.52. The summed E-state index contributed by atoms with van der Waals surface area (Å²) in [7, 11) is 4.23. The highest BCUT2D eigenvalue weighted by Crippen LogP contribution is 2.05. The third-order valence-corrected chi connectivity index (χ3v) is 4.15. The number of para-hydroxylation sites is 1. The third-order valence-electron chi connectivity index (χ3n) is 4.15. The van der Waals surface area contributed by atoms with Gasteiger partial charge in [-0.15, -0.1) is 0 Å². The van der Waals surface area contributed by atoms with Crippen LogP contribution in [0.15, 0.2) is 30.3 Å². The lowest BCUT2D eigenvalue weighted by atomic mass is 10.2. The number of carbonyl (C=O) groups excluding carboxylic acids is 1. The fourth-order valence-electron chi connectivity index (χ4n) is 2.14. The van der Waals surface area contributed by atoms with Gasteiger partial charge in [-0.1, -0.05) is 25.1 Å². The number of hydrogen-bond donors (Lipinski definition) is 2. The highest BCUT2D eigenvalue weighted by Gasteiger charge is 2.15. The Balaban J connectivity index is 2.32. The van der Waals surface area contributed by atoms with Crippen LogP contribution in [-0.2, 0) is 0 Å². The Labute approximate surface area is 134 Å². The predicted octanol–water partition coefficient (Wildman–Crippen LogP) is 2.47. The van der Waals surface area contributed by atoms with Crippen LogP contribution in [0.5, 0.6) is 0 Å². The number of nitrogens with one attached hydrogen (secondary N) is 2. The highest BCUT2D eigenvalue weighted by molar-refractivity contribution is 5.89. The molecule has 0 saturated carbocycles. The molecule has 5 nitrogen and oxygen atoms in total. The molecule has 5 heteroatoms.